The molecule has 0 spiro atoms. The van der Waals surface area contributed by atoms with Crippen molar-refractivity contribution in [2.75, 3.05) is 0 Å². The highest BCUT2D eigenvalue weighted by molar-refractivity contribution is 6.29. The van der Waals surface area contributed by atoms with Gasteiger partial charge in [-0.3, -0.25) is 4.79 Å². The molecule has 1 aromatic rings. The number of halogens is 1. The maximum Gasteiger partial charge on any atom is 0.201 e. The van der Waals surface area contributed by atoms with E-state index >= 15 is 0 Å². The minimum absolute atomic E-state index is 0.119. The fourth-order valence-corrected chi connectivity index (χ4v) is 2.47. The molecule has 0 bridgehead atoms. The summed E-state index contributed by atoms with van der Waals surface area (Å²) in [6.45, 7) is 2.20. The van der Waals surface area contributed by atoms with Gasteiger partial charge in [-0.2, -0.15) is 0 Å². The first-order valence-electron chi connectivity index (χ1n) is 5.46. The Labute approximate surface area is 94.6 Å². The third-order valence-corrected chi connectivity index (χ3v) is 3.33. The molecule has 1 saturated carbocycles. The molecule has 1 aliphatic carbocycles. The predicted octanol–water partition coefficient (Wildman–Crippen LogP) is 3.94. The highest BCUT2D eigenvalue weighted by atomic mass is 35.5. The molecule has 2 unspecified atom stereocenters. The van der Waals surface area contributed by atoms with Crippen LogP contribution in [-0.4, -0.2) is 5.78 Å². The Morgan fingerprint density at radius 2 is 2.27 bits per heavy atom. The van der Waals surface area contributed by atoms with Gasteiger partial charge >= 0.3 is 0 Å². The summed E-state index contributed by atoms with van der Waals surface area (Å²) in [6.07, 6.45) is 4.35. The molecule has 0 amide bonds. The van der Waals surface area contributed by atoms with Crippen LogP contribution in [-0.2, 0) is 0 Å². The van der Waals surface area contributed by atoms with Gasteiger partial charge < -0.3 is 4.42 Å². The molecule has 0 radical (unpaired) electrons. The molecule has 0 aromatic carbocycles. The molecule has 1 fully saturated rings. The van der Waals surface area contributed by atoms with Crippen molar-refractivity contribution in [3.8, 4) is 0 Å². The Morgan fingerprint density at radius 3 is 2.87 bits per heavy atom. The van der Waals surface area contributed by atoms with Gasteiger partial charge in [0, 0.05) is 5.92 Å². The molecule has 2 atom stereocenters. The van der Waals surface area contributed by atoms with Crippen molar-refractivity contribution >= 4 is 17.4 Å². The number of Topliss-reactive ketones (excluding diaryl/α,β-unsaturated/α-hetero) is 1. The van der Waals surface area contributed by atoms with Crippen LogP contribution >= 0.6 is 11.6 Å². The first-order chi connectivity index (χ1) is 7.16. The van der Waals surface area contributed by atoms with E-state index in [0.29, 0.717) is 16.9 Å². The zero-order chi connectivity index (χ0) is 10.8. The second-order valence-corrected chi connectivity index (χ2v) is 4.81. The molecule has 3 heteroatoms. The zero-order valence-electron chi connectivity index (χ0n) is 8.83. The summed E-state index contributed by atoms with van der Waals surface area (Å²) in [5.74, 6) is 1.32. The summed E-state index contributed by atoms with van der Waals surface area (Å²) < 4.78 is 5.15. The van der Waals surface area contributed by atoms with Crippen LogP contribution < -0.4 is 0 Å². The van der Waals surface area contributed by atoms with Crippen LogP contribution in [0, 0.1) is 11.8 Å². The Bertz CT molecular complexity index is 356. The predicted molar refractivity (Wildman–Crippen MR) is 59.2 cm³/mol. The Morgan fingerprint density at radius 1 is 1.47 bits per heavy atom. The summed E-state index contributed by atoms with van der Waals surface area (Å²) in [7, 11) is 0. The summed E-state index contributed by atoms with van der Waals surface area (Å²) >= 11 is 5.65. The molecule has 2 rings (SSSR count). The SMILES string of the molecule is CC1CCCC(C(=O)c2ccc(Cl)o2)C1. The molecule has 0 saturated heterocycles. The number of hydrogen-bond donors (Lipinski definition) is 0. The van der Waals surface area contributed by atoms with Gasteiger partial charge in [-0.05, 0) is 42.5 Å². The van der Waals surface area contributed by atoms with E-state index < -0.39 is 0 Å². The Kier molecular flexibility index (Phi) is 3.15. The largest absolute Gasteiger partial charge is 0.442 e. The maximum atomic E-state index is 12.0. The number of hydrogen-bond acceptors (Lipinski definition) is 2. The molecule has 2 nitrogen and oxygen atoms in total. The molecule has 0 aliphatic heterocycles. The monoisotopic (exact) mass is 226 g/mol. The molecule has 1 heterocycles. The van der Waals surface area contributed by atoms with E-state index in [2.05, 4.69) is 6.92 Å². The summed E-state index contributed by atoms with van der Waals surface area (Å²) in [5, 5.41) is 0.294. The average Bonchev–Trinajstić information content (AvgIpc) is 2.64. The van der Waals surface area contributed by atoms with Crippen LogP contribution in [0.3, 0.4) is 0 Å². The van der Waals surface area contributed by atoms with Crippen LogP contribution in [0.15, 0.2) is 16.5 Å². The second kappa shape index (κ2) is 4.40. The lowest BCUT2D eigenvalue weighted by Gasteiger charge is -2.24. The number of rotatable bonds is 2. The third-order valence-electron chi connectivity index (χ3n) is 3.12. The van der Waals surface area contributed by atoms with Crippen molar-refractivity contribution in [2.24, 2.45) is 11.8 Å². The standard InChI is InChI=1S/C12H15ClO2/c1-8-3-2-4-9(7-8)12(14)10-5-6-11(13)15-10/h5-6,8-9H,2-4,7H2,1H3. The van der Waals surface area contributed by atoms with E-state index in [1.165, 1.54) is 6.42 Å². The minimum Gasteiger partial charge on any atom is -0.442 e. The van der Waals surface area contributed by atoms with Crippen molar-refractivity contribution in [3.63, 3.8) is 0 Å². The van der Waals surface area contributed by atoms with Gasteiger partial charge in [-0.25, -0.2) is 0 Å². The third kappa shape index (κ3) is 2.43. The fourth-order valence-electron chi connectivity index (χ4n) is 2.32. The van der Waals surface area contributed by atoms with Crippen LogP contribution in [0.2, 0.25) is 5.22 Å². The average molecular weight is 227 g/mol. The molecule has 1 aliphatic rings. The van der Waals surface area contributed by atoms with Gasteiger partial charge in [0.15, 0.2) is 11.0 Å². The smallest absolute Gasteiger partial charge is 0.201 e. The topological polar surface area (TPSA) is 30.2 Å². The highest BCUT2D eigenvalue weighted by Gasteiger charge is 2.27. The summed E-state index contributed by atoms with van der Waals surface area (Å²) in [5.41, 5.74) is 0. The van der Waals surface area contributed by atoms with E-state index in [1.54, 1.807) is 12.1 Å². The quantitative estimate of drug-likeness (QED) is 0.715. The lowest BCUT2D eigenvalue weighted by atomic mass is 9.80. The first-order valence-corrected chi connectivity index (χ1v) is 5.84. The Balaban J connectivity index is 2.07. The Hall–Kier alpha value is -0.760. The number of ketones is 1. The van der Waals surface area contributed by atoms with Gasteiger partial charge in [0.05, 0.1) is 0 Å². The normalized spacial score (nSPS) is 26.5. The van der Waals surface area contributed by atoms with Crippen LogP contribution in [0.1, 0.15) is 43.2 Å². The highest BCUT2D eigenvalue weighted by Crippen LogP contribution is 2.31. The lowest BCUT2D eigenvalue weighted by Crippen LogP contribution is -2.21. The lowest BCUT2D eigenvalue weighted by molar-refractivity contribution is 0.0839. The summed E-state index contributed by atoms with van der Waals surface area (Å²) in [4.78, 5) is 12.0. The number of carbonyl (C=O) groups excluding carboxylic acids is 1. The van der Waals surface area contributed by atoms with Gasteiger partial charge in [0.1, 0.15) is 0 Å². The number of carbonyl (C=O) groups is 1. The van der Waals surface area contributed by atoms with Crippen molar-refractivity contribution in [1.82, 2.24) is 0 Å². The zero-order valence-corrected chi connectivity index (χ0v) is 9.59. The fraction of sp³-hybridized carbons (Fsp3) is 0.583. The van der Waals surface area contributed by atoms with Crippen molar-refractivity contribution < 1.29 is 9.21 Å². The molecule has 1 aromatic heterocycles. The number of furan rings is 1. The van der Waals surface area contributed by atoms with E-state index in [4.69, 9.17) is 16.0 Å². The maximum absolute atomic E-state index is 12.0. The van der Waals surface area contributed by atoms with Gasteiger partial charge in [0.25, 0.3) is 0 Å². The van der Waals surface area contributed by atoms with E-state index in [1.807, 2.05) is 0 Å². The van der Waals surface area contributed by atoms with Crippen molar-refractivity contribution in [2.45, 2.75) is 32.6 Å². The molecule has 82 valence electrons. The molecular weight excluding hydrogens is 212 g/mol. The molecule has 15 heavy (non-hydrogen) atoms. The minimum atomic E-state index is 0.119. The summed E-state index contributed by atoms with van der Waals surface area (Å²) in [6, 6.07) is 3.30. The van der Waals surface area contributed by atoms with Crippen LogP contribution in [0.25, 0.3) is 0 Å². The van der Waals surface area contributed by atoms with Crippen molar-refractivity contribution in [1.29, 1.82) is 0 Å². The van der Waals surface area contributed by atoms with Crippen molar-refractivity contribution in [3.05, 3.63) is 23.1 Å². The van der Waals surface area contributed by atoms with Gasteiger partial charge in [-0.15, -0.1) is 0 Å². The second-order valence-electron chi connectivity index (χ2n) is 4.44. The van der Waals surface area contributed by atoms with Crippen LogP contribution in [0.5, 0.6) is 0 Å². The van der Waals surface area contributed by atoms with E-state index in [-0.39, 0.29) is 11.7 Å². The molecule has 0 N–H and O–H groups in total. The molecular formula is C12H15ClO2. The first kappa shape index (κ1) is 10.7. The van der Waals surface area contributed by atoms with E-state index in [0.717, 1.165) is 19.3 Å². The van der Waals surface area contributed by atoms with Crippen LogP contribution in [0.4, 0.5) is 0 Å². The van der Waals surface area contributed by atoms with Gasteiger partial charge in [0.2, 0.25) is 5.78 Å². The van der Waals surface area contributed by atoms with E-state index in [9.17, 15) is 4.79 Å². The van der Waals surface area contributed by atoms with Gasteiger partial charge in [-0.1, -0.05) is 19.8 Å².